The van der Waals surface area contributed by atoms with Gasteiger partial charge in [0.05, 0.1) is 0 Å². The van der Waals surface area contributed by atoms with Crippen LogP contribution in [0.2, 0.25) is 0 Å². The molecule has 0 aliphatic heterocycles. The normalized spacial score (nSPS) is 37.9. The van der Waals surface area contributed by atoms with Crippen molar-refractivity contribution in [3.05, 3.63) is 11.1 Å². The molecule has 3 saturated carbocycles. The maximum atomic E-state index is 15.3. The molecule has 0 aromatic heterocycles. The third kappa shape index (κ3) is 6.10. The average Bonchev–Trinajstić information content (AvgIpc) is 2.77. The van der Waals surface area contributed by atoms with E-state index in [9.17, 15) is 0 Å². The van der Waals surface area contributed by atoms with E-state index in [2.05, 4.69) is 20.8 Å². The summed E-state index contributed by atoms with van der Waals surface area (Å²) in [5, 5.41) is 0. The van der Waals surface area contributed by atoms with Crippen LogP contribution in [0, 0.1) is 29.6 Å². The highest BCUT2D eigenvalue weighted by atomic mass is 19.2. The highest BCUT2D eigenvalue weighted by Gasteiger charge is 2.46. The van der Waals surface area contributed by atoms with Crippen molar-refractivity contribution < 1.29 is 8.78 Å². The fourth-order valence-electron chi connectivity index (χ4n) is 7.15. The molecule has 0 aromatic rings. The molecule has 0 spiro atoms. The lowest BCUT2D eigenvalue weighted by atomic mass is 9.63. The zero-order valence-electron chi connectivity index (χ0n) is 20.1. The predicted molar refractivity (Wildman–Crippen MR) is 125 cm³/mol. The van der Waals surface area contributed by atoms with Crippen LogP contribution in [0.25, 0.3) is 0 Å². The molecule has 30 heavy (non-hydrogen) atoms. The van der Waals surface area contributed by atoms with E-state index in [0.29, 0.717) is 11.8 Å². The van der Waals surface area contributed by atoms with Crippen LogP contribution in [0.3, 0.4) is 0 Å². The molecule has 0 saturated heterocycles. The third-order valence-corrected chi connectivity index (χ3v) is 9.14. The largest absolute Gasteiger partial charge is 0.244 e. The van der Waals surface area contributed by atoms with Gasteiger partial charge in [0.1, 0.15) is 12.3 Å². The van der Waals surface area contributed by atoms with Crippen molar-refractivity contribution in [3.8, 4) is 0 Å². The van der Waals surface area contributed by atoms with E-state index in [-0.39, 0.29) is 11.8 Å². The van der Waals surface area contributed by atoms with Gasteiger partial charge in [-0.25, -0.2) is 8.78 Å². The second-order valence-corrected chi connectivity index (χ2v) is 11.0. The summed E-state index contributed by atoms with van der Waals surface area (Å²) in [6.45, 7) is 6.78. The van der Waals surface area contributed by atoms with Crippen molar-refractivity contribution >= 4 is 0 Å². The lowest BCUT2D eigenvalue weighted by Gasteiger charge is -2.44. The molecule has 2 heteroatoms. The van der Waals surface area contributed by atoms with E-state index < -0.39 is 12.3 Å². The Morgan fingerprint density at radius 3 is 1.83 bits per heavy atom. The minimum absolute atomic E-state index is 0.00121. The standard InChI is InChI=1S/C28H48F2/c1-4-6-7-9-21-10-12-23(13-11-21)25-18-19-26(28(30)27(25)29)24-16-14-22(15-17-24)20(3)8-5-2/h21,23-28H,4-19H2,1-3H3. The topological polar surface area (TPSA) is 0 Å². The quantitative estimate of drug-likeness (QED) is 0.270. The monoisotopic (exact) mass is 422 g/mol. The van der Waals surface area contributed by atoms with Crippen LogP contribution < -0.4 is 0 Å². The van der Waals surface area contributed by atoms with Crippen LogP contribution in [-0.4, -0.2) is 12.3 Å². The molecule has 0 amide bonds. The average molecular weight is 423 g/mol. The fourth-order valence-corrected chi connectivity index (χ4v) is 7.15. The highest BCUT2D eigenvalue weighted by molar-refractivity contribution is 5.14. The van der Waals surface area contributed by atoms with Gasteiger partial charge in [0.25, 0.3) is 0 Å². The van der Waals surface area contributed by atoms with E-state index >= 15 is 8.78 Å². The van der Waals surface area contributed by atoms with E-state index in [1.165, 1.54) is 51.4 Å². The number of alkyl halides is 2. The van der Waals surface area contributed by atoms with E-state index in [4.69, 9.17) is 0 Å². The van der Waals surface area contributed by atoms with Crippen molar-refractivity contribution in [2.45, 2.75) is 136 Å². The van der Waals surface area contributed by atoms with Crippen LogP contribution in [0.4, 0.5) is 8.78 Å². The number of hydrogen-bond acceptors (Lipinski definition) is 0. The Morgan fingerprint density at radius 2 is 1.30 bits per heavy atom. The van der Waals surface area contributed by atoms with Gasteiger partial charge in [-0.1, -0.05) is 69.9 Å². The molecule has 3 aliphatic rings. The minimum atomic E-state index is -1.21. The van der Waals surface area contributed by atoms with Gasteiger partial charge in [0.2, 0.25) is 0 Å². The van der Waals surface area contributed by atoms with E-state index in [1.807, 2.05) is 0 Å². The van der Waals surface area contributed by atoms with Crippen LogP contribution in [0.5, 0.6) is 0 Å². The maximum Gasteiger partial charge on any atom is 0.134 e. The second-order valence-electron chi connectivity index (χ2n) is 11.0. The highest BCUT2D eigenvalue weighted by Crippen LogP contribution is 2.48. The van der Waals surface area contributed by atoms with Gasteiger partial charge in [0, 0.05) is 0 Å². The summed E-state index contributed by atoms with van der Waals surface area (Å²) in [5.41, 5.74) is 3.18. The minimum Gasteiger partial charge on any atom is -0.244 e. The lowest BCUT2D eigenvalue weighted by molar-refractivity contribution is -0.0333. The molecular formula is C28H48F2. The molecule has 3 fully saturated rings. The Balaban J connectivity index is 1.46. The molecule has 4 atom stereocenters. The molecular weight excluding hydrogens is 374 g/mol. The molecule has 0 bridgehead atoms. The zero-order valence-corrected chi connectivity index (χ0v) is 20.1. The van der Waals surface area contributed by atoms with Crippen LogP contribution in [0.1, 0.15) is 124 Å². The van der Waals surface area contributed by atoms with E-state index in [1.54, 1.807) is 11.1 Å². The van der Waals surface area contributed by atoms with Crippen LogP contribution >= 0.6 is 0 Å². The van der Waals surface area contributed by atoms with Gasteiger partial charge in [0.15, 0.2) is 0 Å². The Kier molecular flexibility index (Phi) is 9.70. The zero-order chi connectivity index (χ0) is 21.5. The number of rotatable bonds is 8. The molecule has 174 valence electrons. The molecule has 0 radical (unpaired) electrons. The molecule has 3 rings (SSSR count). The Morgan fingerprint density at radius 1 is 0.733 bits per heavy atom. The van der Waals surface area contributed by atoms with E-state index in [0.717, 1.165) is 57.3 Å². The van der Waals surface area contributed by atoms with Gasteiger partial charge in [-0.3, -0.25) is 0 Å². The first-order chi connectivity index (χ1) is 14.5. The molecule has 4 unspecified atom stereocenters. The van der Waals surface area contributed by atoms with Crippen molar-refractivity contribution in [1.82, 2.24) is 0 Å². The fraction of sp³-hybridized carbons (Fsp3) is 0.929. The molecule has 0 heterocycles. The summed E-state index contributed by atoms with van der Waals surface area (Å²) in [6.07, 6.45) is 16.4. The van der Waals surface area contributed by atoms with Crippen molar-refractivity contribution in [2.24, 2.45) is 29.6 Å². The van der Waals surface area contributed by atoms with Crippen molar-refractivity contribution in [3.63, 3.8) is 0 Å². The number of unbranched alkanes of at least 4 members (excludes halogenated alkanes) is 2. The first-order valence-electron chi connectivity index (χ1n) is 13.5. The van der Waals surface area contributed by atoms with Crippen LogP contribution in [0.15, 0.2) is 11.1 Å². The Labute approximate surface area is 185 Å². The third-order valence-electron chi connectivity index (χ3n) is 9.14. The summed E-state index contributed by atoms with van der Waals surface area (Å²) in [7, 11) is 0. The van der Waals surface area contributed by atoms with Gasteiger partial charge in [-0.05, 0) is 94.3 Å². The molecule has 0 N–H and O–H groups in total. The Bertz CT molecular complexity index is 521. The molecule has 0 aromatic carbocycles. The molecule has 3 aliphatic carbocycles. The predicted octanol–water partition coefficient (Wildman–Crippen LogP) is 9.38. The summed E-state index contributed by atoms with van der Waals surface area (Å²) >= 11 is 0. The van der Waals surface area contributed by atoms with Crippen molar-refractivity contribution in [2.75, 3.05) is 0 Å². The summed E-state index contributed by atoms with van der Waals surface area (Å²) in [5.74, 6) is 1.68. The number of hydrogen-bond donors (Lipinski definition) is 0. The summed E-state index contributed by atoms with van der Waals surface area (Å²) < 4.78 is 30.6. The maximum absolute atomic E-state index is 15.3. The molecule has 0 nitrogen and oxygen atoms in total. The first kappa shape index (κ1) is 24.2. The lowest BCUT2D eigenvalue weighted by Crippen LogP contribution is -2.44. The first-order valence-corrected chi connectivity index (χ1v) is 13.5. The summed E-state index contributed by atoms with van der Waals surface area (Å²) in [6, 6.07) is 0. The second kappa shape index (κ2) is 12.0. The van der Waals surface area contributed by atoms with Gasteiger partial charge >= 0.3 is 0 Å². The SMILES string of the molecule is CCCCCC1CCC(C2CCC(C3CCC(=C(C)CCC)CC3)C(F)C2F)CC1. The summed E-state index contributed by atoms with van der Waals surface area (Å²) in [4.78, 5) is 0. The number of allylic oxidation sites excluding steroid dienone is 2. The Hall–Kier alpha value is -0.400. The van der Waals surface area contributed by atoms with Gasteiger partial charge < -0.3 is 0 Å². The smallest absolute Gasteiger partial charge is 0.134 e. The van der Waals surface area contributed by atoms with Crippen molar-refractivity contribution in [1.29, 1.82) is 0 Å². The van der Waals surface area contributed by atoms with Gasteiger partial charge in [-0.2, -0.15) is 0 Å². The van der Waals surface area contributed by atoms with Gasteiger partial charge in [-0.15, -0.1) is 0 Å². The van der Waals surface area contributed by atoms with Crippen LogP contribution in [-0.2, 0) is 0 Å². The number of halogens is 2.